The lowest BCUT2D eigenvalue weighted by molar-refractivity contribution is -0.143. The molecule has 4 amide bonds. The molecule has 4 unspecified atom stereocenters. The summed E-state index contributed by atoms with van der Waals surface area (Å²) in [5, 5.41) is 33.9. The first kappa shape index (κ1) is 32.5. The molecule has 214 valence electrons. The third kappa shape index (κ3) is 13.0. The normalized spacial score (nSPS) is 13.7. The van der Waals surface area contributed by atoms with Crippen LogP contribution in [-0.4, -0.2) is 81.0 Å². The van der Waals surface area contributed by atoms with E-state index in [1.165, 1.54) is 0 Å². The van der Waals surface area contributed by atoms with Crippen LogP contribution in [0.1, 0.15) is 44.1 Å². The number of nitrogens with one attached hydrogen (secondary N) is 3. The number of rotatable bonds is 18. The fraction of sp³-hybridized carbons (Fsp3) is 0.458. The summed E-state index contributed by atoms with van der Waals surface area (Å²) in [7, 11) is 0. The zero-order chi connectivity index (χ0) is 29.5. The van der Waals surface area contributed by atoms with Crippen LogP contribution in [-0.2, 0) is 40.0 Å². The predicted octanol–water partition coefficient (Wildman–Crippen LogP) is -1.91. The SMILES string of the molecule is NC(=O)CCC(NC(=O)C(CCC(=O)O)NC(=O)C(N)Cc1ccccc1)C(=O)NC(CCC(=O)O)C(=O)O. The standard InChI is InChI=1S/C24H33N5O10/c25-14(12-13-4-2-1-3-5-13)21(35)27-16(7-10-19(31)32)22(36)28-15(6-9-18(26)30)23(37)29-17(24(38)39)8-11-20(33)34/h1-5,14-17H,6-12,25H2,(H2,26,30)(H,27,35)(H,28,36)(H,29,37)(H,31,32)(H,33,34)(H,38,39). The van der Waals surface area contributed by atoms with Gasteiger partial charge in [-0.25, -0.2) is 4.79 Å². The first-order chi connectivity index (χ1) is 18.3. The topological polar surface area (TPSA) is 268 Å². The largest absolute Gasteiger partial charge is 0.481 e. The van der Waals surface area contributed by atoms with Crippen LogP contribution < -0.4 is 27.4 Å². The van der Waals surface area contributed by atoms with E-state index >= 15 is 0 Å². The second-order valence-electron chi connectivity index (χ2n) is 8.69. The average Bonchev–Trinajstić information content (AvgIpc) is 2.86. The van der Waals surface area contributed by atoms with Crippen molar-refractivity contribution >= 4 is 41.5 Å². The number of aliphatic carboxylic acids is 3. The number of amides is 4. The van der Waals surface area contributed by atoms with E-state index in [2.05, 4.69) is 16.0 Å². The Morgan fingerprint density at radius 3 is 1.56 bits per heavy atom. The number of nitrogens with two attached hydrogens (primary N) is 2. The third-order valence-corrected chi connectivity index (χ3v) is 5.49. The second kappa shape index (κ2) is 16.3. The van der Waals surface area contributed by atoms with Gasteiger partial charge >= 0.3 is 17.9 Å². The van der Waals surface area contributed by atoms with Gasteiger partial charge in [-0.05, 0) is 31.2 Å². The minimum Gasteiger partial charge on any atom is -0.481 e. The summed E-state index contributed by atoms with van der Waals surface area (Å²) in [6.07, 6.45) is -2.54. The van der Waals surface area contributed by atoms with E-state index in [1.54, 1.807) is 30.3 Å². The van der Waals surface area contributed by atoms with E-state index in [0.29, 0.717) is 0 Å². The van der Waals surface area contributed by atoms with Gasteiger partial charge in [-0.2, -0.15) is 0 Å². The lowest BCUT2D eigenvalue weighted by Crippen LogP contribution is -2.57. The van der Waals surface area contributed by atoms with Gasteiger partial charge in [0.15, 0.2) is 0 Å². The molecule has 1 aromatic carbocycles. The molecule has 0 aliphatic rings. The molecule has 0 bridgehead atoms. The van der Waals surface area contributed by atoms with Crippen LogP contribution in [0.3, 0.4) is 0 Å². The van der Waals surface area contributed by atoms with Gasteiger partial charge in [-0.3, -0.25) is 28.8 Å². The number of carboxylic acid groups (broad SMARTS) is 3. The van der Waals surface area contributed by atoms with Crippen molar-refractivity contribution in [3.63, 3.8) is 0 Å². The molecular weight excluding hydrogens is 518 g/mol. The van der Waals surface area contributed by atoms with Crippen LogP contribution in [0.4, 0.5) is 0 Å². The molecule has 15 nitrogen and oxygen atoms in total. The van der Waals surface area contributed by atoms with Gasteiger partial charge in [-0.1, -0.05) is 30.3 Å². The molecule has 1 rings (SSSR count). The Balaban J connectivity index is 3.03. The lowest BCUT2D eigenvalue weighted by Gasteiger charge is -2.25. The van der Waals surface area contributed by atoms with Gasteiger partial charge in [0.2, 0.25) is 23.6 Å². The zero-order valence-corrected chi connectivity index (χ0v) is 21.0. The van der Waals surface area contributed by atoms with E-state index in [4.69, 9.17) is 21.7 Å². The van der Waals surface area contributed by atoms with Crippen molar-refractivity contribution < 1.29 is 48.9 Å². The van der Waals surface area contributed by atoms with Crippen LogP contribution in [0.15, 0.2) is 30.3 Å². The number of carboxylic acids is 3. The average molecular weight is 552 g/mol. The molecule has 0 fully saturated rings. The van der Waals surface area contributed by atoms with Gasteiger partial charge in [-0.15, -0.1) is 0 Å². The summed E-state index contributed by atoms with van der Waals surface area (Å²) in [4.78, 5) is 83.1. The first-order valence-corrected chi connectivity index (χ1v) is 12.0. The van der Waals surface area contributed by atoms with Crippen molar-refractivity contribution in [2.24, 2.45) is 11.5 Å². The van der Waals surface area contributed by atoms with E-state index in [-0.39, 0.29) is 25.7 Å². The Labute approximate surface area is 223 Å². The number of carbonyl (C=O) groups excluding carboxylic acids is 4. The fourth-order valence-corrected chi connectivity index (χ4v) is 3.40. The highest BCUT2D eigenvalue weighted by Crippen LogP contribution is 2.07. The Kier molecular flexibility index (Phi) is 13.6. The summed E-state index contributed by atoms with van der Waals surface area (Å²) in [5.41, 5.74) is 11.8. The lowest BCUT2D eigenvalue weighted by atomic mass is 10.0. The molecule has 0 aliphatic carbocycles. The monoisotopic (exact) mass is 551 g/mol. The summed E-state index contributed by atoms with van der Waals surface area (Å²) >= 11 is 0. The Morgan fingerprint density at radius 1 is 0.667 bits per heavy atom. The number of hydrogen-bond acceptors (Lipinski definition) is 8. The van der Waals surface area contributed by atoms with Crippen molar-refractivity contribution in [2.75, 3.05) is 0 Å². The highest BCUT2D eigenvalue weighted by Gasteiger charge is 2.31. The summed E-state index contributed by atoms with van der Waals surface area (Å²) in [6.45, 7) is 0. The summed E-state index contributed by atoms with van der Waals surface area (Å²) in [6, 6.07) is 3.09. The summed E-state index contributed by atoms with van der Waals surface area (Å²) < 4.78 is 0. The van der Waals surface area contributed by atoms with E-state index in [1.807, 2.05) is 0 Å². The van der Waals surface area contributed by atoms with Gasteiger partial charge < -0.3 is 42.7 Å². The number of primary amides is 1. The molecule has 0 spiro atoms. The maximum Gasteiger partial charge on any atom is 0.326 e. The third-order valence-electron chi connectivity index (χ3n) is 5.49. The van der Waals surface area contributed by atoms with Crippen LogP contribution in [0, 0.1) is 0 Å². The fourth-order valence-electron chi connectivity index (χ4n) is 3.40. The maximum absolute atomic E-state index is 13.0. The number of benzene rings is 1. The quantitative estimate of drug-likeness (QED) is 0.0997. The summed E-state index contributed by atoms with van der Waals surface area (Å²) in [5.74, 6) is -7.71. The van der Waals surface area contributed by atoms with Crippen molar-refractivity contribution in [3.8, 4) is 0 Å². The molecule has 0 heterocycles. The molecule has 10 N–H and O–H groups in total. The molecule has 0 aliphatic heterocycles. The Morgan fingerprint density at radius 2 is 1.10 bits per heavy atom. The maximum atomic E-state index is 13.0. The second-order valence-corrected chi connectivity index (χ2v) is 8.69. The molecule has 0 saturated heterocycles. The highest BCUT2D eigenvalue weighted by atomic mass is 16.4. The smallest absolute Gasteiger partial charge is 0.326 e. The molecule has 0 saturated carbocycles. The molecule has 0 radical (unpaired) electrons. The van der Waals surface area contributed by atoms with Crippen LogP contribution >= 0.6 is 0 Å². The van der Waals surface area contributed by atoms with Gasteiger partial charge in [0.1, 0.15) is 18.1 Å². The van der Waals surface area contributed by atoms with Gasteiger partial charge in [0.25, 0.3) is 0 Å². The highest BCUT2D eigenvalue weighted by molar-refractivity contribution is 5.94. The van der Waals surface area contributed by atoms with E-state index < -0.39 is 85.0 Å². The van der Waals surface area contributed by atoms with Crippen molar-refractivity contribution in [1.29, 1.82) is 0 Å². The molecule has 1 aromatic rings. The molecule has 4 atom stereocenters. The Bertz CT molecular complexity index is 1050. The minimum absolute atomic E-state index is 0.122. The van der Waals surface area contributed by atoms with Crippen molar-refractivity contribution in [2.45, 2.75) is 69.1 Å². The molecule has 15 heteroatoms. The number of hydrogen-bond donors (Lipinski definition) is 8. The minimum atomic E-state index is -1.61. The van der Waals surface area contributed by atoms with E-state index in [9.17, 15) is 38.7 Å². The number of carbonyl (C=O) groups is 7. The molecule has 0 aromatic heterocycles. The zero-order valence-electron chi connectivity index (χ0n) is 21.0. The first-order valence-electron chi connectivity index (χ1n) is 12.0. The van der Waals surface area contributed by atoms with Crippen molar-refractivity contribution in [3.05, 3.63) is 35.9 Å². The van der Waals surface area contributed by atoms with Gasteiger partial charge in [0, 0.05) is 19.3 Å². The molecular formula is C24H33N5O10. The predicted molar refractivity (Wildman–Crippen MR) is 134 cm³/mol. The van der Waals surface area contributed by atoms with Crippen molar-refractivity contribution in [1.82, 2.24) is 16.0 Å². The van der Waals surface area contributed by atoms with E-state index in [0.717, 1.165) is 5.56 Å². The molecule has 39 heavy (non-hydrogen) atoms. The van der Waals surface area contributed by atoms with Gasteiger partial charge in [0.05, 0.1) is 6.04 Å². The Hall–Kier alpha value is -4.53. The van der Waals surface area contributed by atoms with Crippen LogP contribution in [0.2, 0.25) is 0 Å². The van der Waals surface area contributed by atoms with Crippen LogP contribution in [0.25, 0.3) is 0 Å². The van der Waals surface area contributed by atoms with Crippen LogP contribution in [0.5, 0.6) is 0 Å².